The molecule has 0 aromatic carbocycles. The number of hydrogen-bond acceptors (Lipinski definition) is 3. The van der Waals surface area contributed by atoms with Crippen LogP contribution in [0, 0.1) is 5.92 Å². The average Bonchev–Trinajstić information content (AvgIpc) is 2.52. The lowest BCUT2D eigenvalue weighted by Gasteiger charge is -2.25. The van der Waals surface area contributed by atoms with Gasteiger partial charge < -0.3 is 10.3 Å². The van der Waals surface area contributed by atoms with Crippen LogP contribution in [0.4, 0.5) is 0 Å². The van der Waals surface area contributed by atoms with E-state index in [-0.39, 0.29) is 0 Å². The Bertz CT molecular complexity index is 269. The first kappa shape index (κ1) is 7.80. The van der Waals surface area contributed by atoms with Crippen molar-refractivity contribution < 1.29 is 4.52 Å². The predicted molar refractivity (Wildman–Crippen MR) is 45.8 cm³/mol. The van der Waals surface area contributed by atoms with Gasteiger partial charge in [0.25, 0.3) is 0 Å². The molecule has 2 rings (SSSR count). The summed E-state index contributed by atoms with van der Waals surface area (Å²) >= 11 is 0. The fourth-order valence-corrected chi connectivity index (χ4v) is 1.99. The van der Waals surface area contributed by atoms with Gasteiger partial charge in [-0.25, -0.2) is 0 Å². The molecule has 0 fully saturated rings. The van der Waals surface area contributed by atoms with Crippen LogP contribution in [-0.4, -0.2) is 11.7 Å². The molecule has 0 amide bonds. The SMILES string of the molecule is CC1CCc2oncc2C1CN. The Kier molecular flexibility index (Phi) is 1.89. The summed E-state index contributed by atoms with van der Waals surface area (Å²) in [4.78, 5) is 0. The molecule has 2 N–H and O–H groups in total. The fraction of sp³-hybridized carbons (Fsp3) is 0.667. The van der Waals surface area contributed by atoms with Crippen molar-refractivity contribution in [3.63, 3.8) is 0 Å². The maximum absolute atomic E-state index is 5.70. The van der Waals surface area contributed by atoms with Crippen LogP contribution in [0.5, 0.6) is 0 Å². The Labute approximate surface area is 71.9 Å². The molecule has 1 aromatic heterocycles. The molecule has 3 heteroatoms. The van der Waals surface area contributed by atoms with Crippen LogP contribution in [0.25, 0.3) is 0 Å². The van der Waals surface area contributed by atoms with Crippen LogP contribution in [0.15, 0.2) is 10.7 Å². The summed E-state index contributed by atoms with van der Waals surface area (Å²) in [5.74, 6) is 2.17. The van der Waals surface area contributed by atoms with Gasteiger partial charge in [0.15, 0.2) is 0 Å². The van der Waals surface area contributed by atoms with E-state index in [2.05, 4.69) is 12.1 Å². The van der Waals surface area contributed by atoms with E-state index in [9.17, 15) is 0 Å². The zero-order valence-corrected chi connectivity index (χ0v) is 7.29. The first-order valence-corrected chi connectivity index (χ1v) is 4.46. The van der Waals surface area contributed by atoms with Gasteiger partial charge in [-0.3, -0.25) is 0 Å². The van der Waals surface area contributed by atoms with Crippen LogP contribution in [0.2, 0.25) is 0 Å². The van der Waals surface area contributed by atoms with Crippen molar-refractivity contribution in [2.24, 2.45) is 11.7 Å². The average molecular weight is 166 g/mol. The molecular formula is C9H14N2O. The molecule has 0 spiro atoms. The van der Waals surface area contributed by atoms with Gasteiger partial charge in [-0.1, -0.05) is 12.1 Å². The maximum Gasteiger partial charge on any atom is 0.140 e. The summed E-state index contributed by atoms with van der Waals surface area (Å²) in [5.41, 5.74) is 6.93. The highest BCUT2D eigenvalue weighted by atomic mass is 16.5. The van der Waals surface area contributed by atoms with Crippen molar-refractivity contribution in [2.75, 3.05) is 6.54 Å². The van der Waals surface area contributed by atoms with Gasteiger partial charge >= 0.3 is 0 Å². The van der Waals surface area contributed by atoms with Gasteiger partial charge in [-0.15, -0.1) is 0 Å². The first-order chi connectivity index (χ1) is 5.83. The molecule has 2 atom stereocenters. The van der Waals surface area contributed by atoms with E-state index in [1.165, 1.54) is 12.0 Å². The summed E-state index contributed by atoms with van der Waals surface area (Å²) in [6, 6.07) is 0. The number of fused-ring (bicyclic) bond motifs is 1. The van der Waals surface area contributed by atoms with E-state index in [0.29, 0.717) is 18.4 Å². The lowest BCUT2D eigenvalue weighted by Crippen LogP contribution is -2.24. The zero-order chi connectivity index (χ0) is 8.55. The molecule has 3 nitrogen and oxygen atoms in total. The molecule has 2 unspecified atom stereocenters. The monoisotopic (exact) mass is 166 g/mol. The highest BCUT2D eigenvalue weighted by Crippen LogP contribution is 2.34. The maximum atomic E-state index is 5.70. The van der Waals surface area contributed by atoms with E-state index in [0.717, 1.165) is 12.2 Å². The number of nitrogens with zero attached hydrogens (tertiary/aromatic N) is 1. The van der Waals surface area contributed by atoms with Gasteiger partial charge in [-0.2, -0.15) is 0 Å². The van der Waals surface area contributed by atoms with Gasteiger partial charge in [-0.05, 0) is 18.9 Å². The minimum atomic E-state index is 0.458. The molecule has 0 saturated heterocycles. The van der Waals surface area contributed by atoms with Crippen LogP contribution in [0.3, 0.4) is 0 Å². The molecule has 1 aliphatic carbocycles. The summed E-state index contributed by atoms with van der Waals surface area (Å²) in [6.07, 6.45) is 4.01. The number of aromatic nitrogens is 1. The molecule has 1 aliphatic rings. The molecule has 1 heterocycles. The van der Waals surface area contributed by atoms with E-state index < -0.39 is 0 Å². The molecule has 0 saturated carbocycles. The second-order valence-electron chi connectivity index (χ2n) is 3.56. The van der Waals surface area contributed by atoms with Crippen molar-refractivity contribution >= 4 is 0 Å². The van der Waals surface area contributed by atoms with Crippen LogP contribution < -0.4 is 5.73 Å². The summed E-state index contributed by atoms with van der Waals surface area (Å²) in [6.45, 7) is 2.95. The fourth-order valence-electron chi connectivity index (χ4n) is 1.99. The minimum absolute atomic E-state index is 0.458. The Morgan fingerprint density at radius 1 is 1.75 bits per heavy atom. The molecule has 66 valence electrons. The lowest BCUT2D eigenvalue weighted by atomic mass is 9.79. The van der Waals surface area contributed by atoms with Crippen LogP contribution in [0.1, 0.15) is 30.6 Å². The lowest BCUT2D eigenvalue weighted by molar-refractivity contribution is 0.333. The van der Waals surface area contributed by atoms with Crippen LogP contribution >= 0.6 is 0 Å². The molecule has 0 radical (unpaired) electrons. The third-order valence-electron chi connectivity index (χ3n) is 2.84. The van der Waals surface area contributed by atoms with E-state index in [1.54, 1.807) is 0 Å². The van der Waals surface area contributed by atoms with Gasteiger partial charge in [0, 0.05) is 17.9 Å². The number of aryl methyl sites for hydroxylation is 1. The number of hydrogen-bond donors (Lipinski definition) is 1. The number of rotatable bonds is 1. The summed E-state index contributed by atoms with van der Waals surface area (Å²) in [5, 5.41) is 3.81. The summed E-state index contributed by atoms with van der Waals surface area (Å²) < 4.78 is 5.13. The first-order valence-electron chi connectivity index (χ1n) is 4.46. The predicted octanol–water partition coefficient (Wildman–Crippen LogP) is 1.30. The smallest absolute Gasteiger partial charge is 0.140 e. The third kappa shape index (κ3) is 1.05. The van der Waals surface area contributed by atoms with Crippen molar-refractivity contribution in [1.29, 1.82) is 0 Å². The van der Waals surface area contributed by atoms with E-state index in [1.807, 2.05) is 6.20 Å². The molecule has 0 aliphatic heterocycles. The van der Waals surface area contributed by atoms with E-state index >= 15 is 0 Å². The second kappa shape index (κ2) is 2.90. The highest BCUT2D eigenvalue weighted by Gasteiger charge is 2.28. The normalized spacial score (nSPS) is 28.5. The summed E-state index contributed by atoms with van der Waals surface area (Å²) in [7, 11) is 0. The molecular weight excluding hydrogens is 152 g/mol. The second-order valence-corrected chi connectivity index (χ2v) is 3.56. The van der Waals surface area contributed by atoms with Crippen molar-refractivity contribution in [3.05, 3.63) is 17.5 Å². The molecule has 0 bridgehead atoms. The van der Waals surface area contributed by atoms with E-state index in [4.69, 9.17) is 10.3 Å². The largest absolute Gasteiger partial charge is 0.361 e. The Morgan fingerprint density at radius 3 is 3.33 bits per heavy atom. The minimum Gasteiger partial charge on any atom is -0.361 e. The van der Waals surface area contributed by atoms with Gasteiger partial charge in [0.05, 0.1) is 6.20 Å². The van der Waals surface area contributed by atoms with Crippen LogP contribution in [-0.2, 0) is 6.42 Å². The third-order valence-corrected chi connectivity index (χ3v) is 2.84. The van der Waals surface area contributed by atoms with Gasteiger partial charge in [0.1, 0.15) is 5.76 Å². The Hall–Kier alpha value is -0.830. The quantitative estimate of drug-likeness (QED) is 0.684. The molecule has 1 aromatic rings. The van der Waals surface area contributed by atoms with Crippen molar-refractivity contribution in [3.8, 4) is 0 Å². The van der Waals surface area contributed by atoms with Gasteiger partial charge in [0.2, 0.25) is 0 Å². The zero-order valence-electron chi connectivity index (χ0n) is 7.29. The Morgan fingerprint density at radius 2 is 2.58 bits per heavy atom. The standard InChI is InChI=1S/C9H14N2O/c1-6-2-3-9-8(5-11-12-9)7(6)4-10/h5-7H,2-4,10H2,1H3. The van der Waals surface area contributed by atoms with Crippen molar-refractivity contribution in [2.45, 2.75) is 25.7 Å². The topological polar surface area (TPSA) is 52.0 Å². The molecule has 12 heavy (non-hydrogen) atoms. The highest BCUT2D eigenvalue weighted by molar-refractivity contribution is 5.23. The Balaban J connectivity index is 2.34. The number of nitrogens with two attached hydrogens (primary N) is 1. The van der Waals surface area contributed by atoms with Crippen molar-refractivity contribution in [1.82, 2.24) is 5.16 Å².